The molecule has 0 aromatic heterocycles. The van der Waals surface area contributed by atoms with E-state index in [-0.39, 0.29) is 11.4 Å². The third-order valence-corrected chi connectivity index (χ3v) is 4.63. The van der Waals surface area contributed by atoms with E-state index >= 15 is 0 Å². The maximum atomic E-state index is 12.8. The van der Waals surface area contributed by atoms with Gasteiger partial charge in [0.1, 0.15) is 12.1 Å². The molecule has 28 heavy (non-hydrogen) atoms. The first-order valence-corrected chi connectivity index (χ1v) is 8.47. The van der Waals surface area contributed by atoms with E-state index in [1.165, 1.54) is 18.2 Å². The molecule has 1 atom stereocenters. The minimum atomic E-state index is -1.26. The Morgan fingerprint density at radius 2 is 1.89 bits per heavy atom. The molecule has 0 unspecified atom stereocenters. The van der Waals surface area contributed by atoms with Gasteiger partial charge in [0.05, 0.1) is 10.6 Å². The Kier molecular flexibility index (Phi) is 4.83. The fourth-order valence-corrected chi connectivity index (χ4v) is 3.00. The first-order valence-electron chi connectivity index (χ1n) is 8.47. The molecule has 9 nitrogen and oxygen atoms in total. The van der Waals surface area contributed by atoms with Gasteiger partial charge in [0.2, 0.25) is 5.91 Å². The zero-order chi connectivity index (χ0) is 20.5. The molecule has 2 aromatic rings. The molecule has 0 aliphatic carbocycles. The molecule has 9 heteroatoms. The lowest BCUT2D eigenvalue weighted by molar-refractivity contribution is -0.384. The van der Waals surface area contributed by atoms with Crippen LogP contribution in [0.4, 0.5) is 16.2 Å². The van der Waals surface area contributed by atoms with Gasteiger partial charge >= 0.3 is 6.03 Å². The first kappa shape index (κ1) is 19.0. The van der Waals surface area contributed by atoms with Gasteiger partial charge < -0.3 is 10.6 Å². The van der Waals surface area contributed by atoms with E-state index in [1.807, 2.05) is 0 Å². The highest BCUT2D eigenvalue weighted by atomic mass is 16.6. The molecule has 1 aliphatic heterocycles. The number of nitro groups is 1. The number of aryl methyl sites for hydroxylation is 1. The monoisotopic (exact) mass is 382 g/mol. The molecule has 4 amide bonds. The minimum absolute atomic E-state index is 0.174. The van der Waals surface area contributed by atoms with Gasteiger partial charge in [-0.3, -0.25) is 24.6 Å². The van der Waals surface area contributed by atoms with Crippen LogP contribution in [0.15, 0.2) is 48.5 Å². The lowest BCUT2D eigenvalue weighted by Gasteiger charge is -2.22. The highest BCUT2D eigenvalue weighted by molar-refractivity contribution is 6.10. The van der Waals surface area contributed by atoms with Gasteiger partial charge in [0.25, 0.3) is 11.6 Å². The second-order valence-electron chi connectivity index (χ2n) is 6.62. The molecule has 1 heterocycles. The number of imide groups is 1. The number of hydrogen-bond donors (Lipinski definition) is 2. The minimum Gasteiger partial charge on any atom is -0.324 e. The van der Waals surface area contributed by atoms with Crippen molar-refractivity contribution in [2.75, 3.05) is 11.9 Å². The van der Waals surface area contributed by atoms with Crippen molar-refractivity contribution in [3.63, 3.8) is 0 Å². The number of amides is 4. The zero-order valence-electron chi connectivity index (χ0n) is 15.3. The summed E-state index contributed by atoms with van der Waals surface area (Å²) in [6, 6.07) is 12.1. The third-order valence-electron chi connectivity index (χ3n) is 4.63. The number of carbonyl (C=O) groups excluding carboxylic acids is 3. The summed E-state index contributed by atoms with van der Waals surface area (Å²) >= 11 is 0. The van der Waals surface area contributed by atoms with Crippen molar-refractivity contribution in [1.29, 1.82) is 0 Å². The summed E-state index contributed by atoms with van der Waals surface area (Å²) in [5.74, 6) is -1.18. The van der Waals surface area contributed by atoms with Gasteiger partial charge in [-0.05, 0) is 25.0 Å². The maximum Gasteiger partial charge on any atom is 0.325 e. The molecular weight excluding hydrogens is 364 g/mol. The Labute approximate surface area is 160 Å². The van der Waals surface area contributed by atoms with Gasteiger partial charge in [-0.1, -0.05) is 36.4 Å². The summed E-state index contributed by atoms with van der Waals surface area (Å²) < 4.78 is 0. The Morgan fingerprint density at radius 3 is 2.54 bits per heavy atom. The van der Waals surface area contributed by atoms with Crippen LogP contribution in [0.2, 0.25) is 0 Å². The van der Waals surface area contributed by atoms with Crippen molar-refractivity contribution in [2.24, 2.45) is 0 Å². The smallest absolute Gasteiger partial charge is 0.324 e. The summed E-state index contributed by atoms with van der Waals surface area (Å²) in [4.78, 5) is 48.7. The average molecular weight is 382 g/mol. The lowest BCUT2D eigenvalue weighted by Crippen LogP contribution is -2.42. The van der Waals surface area contributed by atoms with E-state index < -0.39 is 34.9 Å². The Balaban J connectivity index is 1.76. The third kappa shape index (κ3) is 3.41. The van der Waals surface area contributed by atoms with Crippen LogP contribution in [0.3, 0.4) is 0 Å². The second-order valence-corrected chi connectivity index (χ2v) is 6.62. The molecule has 0 saturated carbocycles. The largest absolute Gasteiger partial charge is 0.325 e. The van der Waals surface area contributed by atoms with E-state index in [0.717, 1.165) is 4.90 Å². The van der Waals surface area contributed by atoms with Gasteiger partial charge in [-0.25, -0.2) is 4.79 Å². The van der Waals surface area contributed by atoms with Crippen LogP contribution in [0, 0.1) is 17.0 Å². The number of rotatable bonds is 5. The highest BCUT2D eigenvalue weighted by Gasteiger charge is 2.49. The summed E-state index contributed by atoms with van der Waals surface area (Å²) in [5, 5.41) is 16.1. The number of hydrogen-bond acceptors (Lipinski definition) is 5. The summed E-state index contributed by atoms with van der Waals surface area (Å²) in [5.41, 5.74) is 0.0285. The van der Waals surface area contributed by atoms with Crippen molar-refractivity contribution in [3.8, 4) is 0 Å². The Bertz CT molecular complexity index is 976. The summed E-state index contributed by atoms with van der Waals surface area (Å²) in [6.45, 7) is 2.75. The predicted molar refractivity (Wildman–Crippen MR) is 101 cm³/mol. The summed E-state index contributed by atoms with van der Waals surface area (Å²) in [7, 11) is 0. The van der Waals surface area contributed by atoms with Crippen LogP contribution in [-0.4, -0.2) is 34.2 Å². The van der Waals surface area contributed by atoms with E-state index in [9.17, 15) is 24.5 Å². The zero-order valence-corrected chi connectivity index (χ0v) is 15.3. The lowest BCUT2D eigenvalue weighted by atomic mass is 9.92. The molecule has 1 saturated heterocycles. The van der Waals surface area contributed by atoms with E-state index in [2.05, 4.69) is 10.6 Å². The van der Waals surface area contributed by atoms with Crippen molar-refractivity contribution in [3.05, 3.63) is 69.8 Å². The molecular formula is C19H18N4O5. The molecule has 0 bridgehead atoms. The standard InChI is InChI=1S/C19H18N4O5/c1-12-8-9-14(23(27)28)10-15(12)20-16(24)11-22-17(25)19(2,21-18(22)26)13-6-4-3-5-7-13/h3-10H,11H2,1-2H3,(H,20,24)(H,21,26)/t19-/m1/s1. The first-order chi connectivity index (χ1) is 13.2. The number of anilines is 1. The SMILES string of the molecule is Cc1ccc([N+](=O)[O-])cc1NC(=O)CN1C(=O)N[C@](C)(c2ccccc2)C1=O. The molecule has 3 rings (SSSR count). The van der Waals surface area contributed by atoms with E-state index in [0.29, 0.717) is 11.1 Å². The number of benzene rings is 2. The van der Waals surface area contributed by atoms with Crippen LogP contribution < -0.4 is 10.6 Å². The van der Waals surface area contributed by atoms with Crippen molar-refractivity contribution in [2.45, 2.75) is 19.4 Å². The molecule has 2 aromatic carbocycles. The molecule has 2 N–H and O–H groups in total. The van der Waals surface area contributed by atoms with E-state index in [1.54, 1.807) is 44.2 Å². The molecule has 1 fully saturated rings. The van der Waals surface area contributed by atoms with Gasteiger partial charge in [0, 0.05) is 12.1 Å². The number of urea groups is 1. The molecule has 0 spiro atoms. The normalized spacial score (nSPS) is 18.7. The molecule has 0 radical (unpaired) electrons. The van der Waals surface area contributed by atoms with Crippen LogP contribution >= 0.6 is 0 Å². The van der Waals surface area contributed by atoms with Crippen molar-refractivity contribution >= 4 is 29.2 Å². The second kappa shape index (κ2) is 7.10. The van der Waals surface area contributed by atoms with Gasteiger partial charge in [-0.15, -0.1) is 0 Å². The predicted octanol–water partition coefficient (Wildman–Crippen LogP) is 2.31. The molecule has 144 valence electrons. The molecule has 1 aliphatic rings. The van der Waals surface area contributed by atoms with Crippen LogP contribution in [0.5, 0.6) is 0 Å². The quantitative estimate of drug-likeness (QED) is 0.467. The van der Waals surface area contributed by atoms with Crippen LogP contribution in [-0.2, 0) is 15.1 Å². The Hall–Kier alpha value is -3.75. The Morgan fingerprint density at radius 1 is 1.21 bits per heavy atom. The summed E-state index contributed by atoms with van der Waals surface area (Å²) in [6.07, 6.45) is 0. The number of non-ortho nitro benzene ring substituents is 1. The number of nitrogens with zero attached hydrogens (tertiary/aromatic N) is 2. The van der Waals surface area contributed by atoms with Gasteiger partial charge in [0.15, 0.2) is 0 Å². The van der Waals surface area contributed by atoms with E-state index in [4.69, 9.17) is 0 Å². The van der Waals surface area contributed by atoms with Crippen molar-refractivity contribution in [1.82, 2.24) is 10.2 Å². The topological polar surface area (TPSA) is 122 Å². The van der Waals surface area contributed by atoms with Crippen LogP contribution in [0.1, 0.15) is 18.1 Å². The van der Waals surface area contributed by atoms with Crippen molar-refractivity contribution < 1.29 is 19.3 Å². The van der Waals surface area contributed by atoms with Gasteiger partial charge in [-0.2, -0.15) is 0 Å². The fraction of sp³-hybridized carbons (Fsp3) is 0.211. The number of nitrogens with one attached hydrogen (secondary N) is 2. The highest BCUT2D eigenvalue weighted by Crippen LogP contribution is 2.28. The number of carbonyl (C=O) groups is 3. The maximum absolute atomic E-state index is 12.8. The number of nitro benzene ring substituents is 1. The fourth-order valence-electron chi connectivity index (χ4n) is 3.00. The average Bonchev–Trinajstić information content (AvgIpc) is 2.88. The van der Waals surface area contributed by atoms with Crippen LogP contribution in [0.25, 0.3) is 0 Å².